The first kappa shape index (κ1) is 19.9. The summed E-state index contributed by atoms with van der Waals surface area (Å²) in [5, 5.41) is 9.91. The molecule has 0 aliphatic heterocycles. The maximum atomic E-state index is 9.26. The summed E-state index contributed by atoms with van der Waals surface area (Å²) in [6.07, 6.45) is 0.799. The van der Waals surface area contributed by atoms with Crippen LogP contribution in [0.15, 0.2) is 59.8 Å². The molecule has 0 bridgehead atoms. The molecule has 1 aromatic heterocycles. The molecule has 2 aromatic carbocycles. The molecule has 0 saturated carbocycles. The summed E-state index contributed by atoms with van der Waals surface area (Å²) in [4.78, 5) is 9.17. The molecular formula is C23H23N3OS. The molecule has 0 aliphatic rings. The quantitative estimate of drug-likeness (QED) is 0.360. The van der Waals surface area contributed by atoms with E-state index in [0.717, 1.165) is 23.4 Å². The van der Waals surface area contributed by atoms with E-state index in [1.54, 1.807) is 0 Å². The van der Waals surface area contributed by atoms with Gasteiger partial charge >= 0.3 is 0 Å². The van der Waals surface area contributed by atoms with Crippen LogP contribution in [-0.2, 0) is 12.2 Å². The first-order valence-corrected chi connectivity index (χ1v) is 10.3. The van der Waals surface area contributed by atoms with Crippen molar-refractivity contribution in [1.82, 2.24) is 9.97 Å². The maximum Gasteiger partial charge on any atom is 0.223 e. The van der Waals surface area contributed by atoms with Gasteiger partial charge in [0, 0.05) is 17.5 Å². The van der Waals surface area contributed by atoms with Crippen molar-refractivity contribution < 1.29 is 4.74 Å². The molecule has 0 aliphatic carbocycles. The molecule has 4 nitrogen and oxygen atoms in total. The van der Waals surface area contributed by atoms with Gasteiger partial charge in [0.2, 0.25) is 5.88 Å². The van der Waals surface area contributed by atoms with Gasteiger partial charge in [0.25, 0.3) is 0 Å². The Hall–Kier alpha value is -2.84. The molecule has 0 radical (unpaired) electrons. The lowest BCUT2D eigenvalue weighted by molar-refractivity contribution is 0.453. The van der Waals surface area contributed by atoms with Crippen molar-refractivity contribution in [3.05, 3.63) is 77.0 Å². The molecule has 0 atom stereocenters. The fourth-order valence-corrected chi connectivity index (χ4v) is 3.58. The smallest absolute Gasteiger partial charge is 0.223 e. The van der Waals surface area contributed by atoms with Crippen LogP contribution in [0.2, 0.25) is 0 Å². The third-order valence-corrected chi connectivity index (χ3v) is 5.24. The lowest BCUT2D eigenvalue weighted by atomic mass is 10.0. The molecule has 0 spiro atoms. The second-order valence-electron chi connectivity index (χ2n) is 6.72. The molecule has 0 N–H and O–H groups in total. The van der Waals surface area contributed by atoms with Gasteiger partial charge in [0.1, 0.15) is 5.75 Å². The first-order valence-electron chi connectivity index (χ1n) is 9.35. The van der Waals surface area contributed by atoms with Gasteiger partial charge in [-0.1, -0.05) is 62.9 Å². The van der Waals surface area contributed by atoms with E-state index in [9.17, 15) is 5.26 Å². The second-order valence-corrected chi connectivity index (χ2v) is 7.66. The van der Waals surface area contributed by atoms with Crippen molar-refractivity contribution in [2.24, 2.45) is 0 Å². The second kappa shape index (κ2) is 9.38. The summed E-state index contributed by atoms with van der Waals surface area (Å²) >= 11 is 1.51. The van der Waals surface area contributed by atoms with Crippen LogP contribution in [0.25, 0.3) is 0 Å². The lowest BCUT2D eigenvalue weighted by Gasteiger charge is -2.11. The number of aromatic nitrogens is 2. The Labute approximate surface area is 170 Å². The molecular weight excluding hydrogens is 366 g/mol. The molecule has 0 unspecified atom stereocenters. The normalized spacial score (nSPS) is 10.7. The monoisotopic (exact) mass is 389 g/mol. The third-order valence-electron chi connectivity index (χ3n) is 4.34. The highest BCUT2D eigenvalue weighted by Gasteiger charge is 2.09. The molecule has 0 amide bonds. The van der Waals surface area contributed by atoms with E-state index < -0.39 is 0 Å². The van der Waals surface area contributed by atoms with E-state index in [4.69, 9.17) is 4.74 Å². The lowest BCUT2D eigenvalue weighted by Crippen LogP contribution is -1.98. The highest BCUT2D eigenvalue weighted by atomic mass is 32.2. The Balaban J connectivity index is 1.80. The zero-order chi connectivity index (χ0) is 19.9. The predicted molar refractivity (Wildman–Crippen MR) is 113 cm³/mol. The Kier molecular flexibility index (Phi) is 6.67. The van der Waals surface area contributed by atoms with Crippen LogP contribution in [-0.4, -0.2) is 9.97 Å². The Morgan fingerprint density at radius 3 is 2.64 bits per heavy atom. The SMILES string of the molecule is CCc1cc(Oc2cccc(C(C)C)c2)nc(SCc2ccccc2C#N)n1. The number of nitriles is 1. The number of aryl methyl sites for hydroxylation is 1. The van der Waals surface area contributed by atoms with Crippen molar-refractivity contribution in [3.8, 4) is 17.7 Å². The number of rotatable bonds is 7. The fraction of sp³-hybridized carbons (Fsp3) is 0.261. The summed E-state index contributed by atoms with van der Waals surface area (Å²) in [7, 11) is 0. The van der Waals surface area contributed by atoms with Crippen molar-refractivity contribution >= 4 is 11.8 Å². The summed E-state index contributed by atoms with van der Waals surface area (Å²) in [5.74, 6) is 2.40. The summed E-state index contributed by atoms with van der Waals surface area (Å²) < 4.78 is 6.03. The van der Waals surface area contributed by atoms with E-state index in [1.807, 2.05) is 48.5 Å². The van der Waals surface area contributed by atoms with E-state index >= 15 is 0 Å². The number of hydrogen-bond acceptors (Lipinski definition) is 5. The fourth-order valence-electron chi connectivity index (χ4n) is 2.70. The van der Waals surface area contributed by atoms with Gasteiger partial charge in [0.05, 0.1) is 11.6 Å². The molecule has 0 fully saturated rings. The maximum absolute atomic E-state index is 9.26. The van der Waals surface area contributed by atoms with Gasteiger partial charge in [-0.25, -0.2) is 4.98 Å². The van der Waals surface area contributed by atoms with Gasteiger partial charge in [-0.05, 0) is 41.7 Å². The summed E-state index contributed by atoms with van der Waals surface area (Å²) in [5.41, 5.74) is 3.82. The van der Waals surface area contributed by atoms with E-state index in [0.29, 0.717) is 28.3 Å². The van der Waals surface area contributed by atoms with Crippen LogP contribution in [0.1, 0.15) is 49.1 Å². The zero-order valence-electron chi connectivity index (χ0n) is 16.3. The Morgan fingerprint density at radius 1 is 1.07 bits per heavy atom. The predicted octanol–water partition coefficient (Wildman–Crippen LogP) is 6.12. The van der Waals surface area contributed by atoms with E-state index in [-0.39, 0.29) is 0 Å². The van der Waals surface area contributed by atoms with Crippen molar-refractivity contribution in [2.75, 3.05) is 0 Å². The van der Waals surface area contributed by atoms with Gasteiger partial charge in [-0.2, -0.15) is 10.2 Å². The standard InChI is InChI=1S/C23H23N3OS/c1-4-20-13-22(27-21-11-7-10-17(12-21)16(2)3)26-23(25-20)28-15-19-9-6-5-8-18(19)14-24/h5-13,16H,4,15H2,1-3H3. The average molecular weight is 390 g/mol. The molecule has 0 saturated heterocycles. The van der Waals surface area contributed by atoms with Crippen LogP contribution >= 0.6 is 11.8 Å². The van der Waals surface area contributed by atoms with Crippen LogP contribution in [0, 0.1) is 11.3 Å². The highest BCUT2D eigenvalue weighted by Crippen LogP contribution is 2.28. The summed E-state index contributed by atoms with van der Waals surface area (Å²) in [6.45, 7) is 6.38. The van der Waals surface area contributed by atoms with Gasteiger partial charge in [-0.15, -0.1) is 0 Å². The van der Waals surface area contributed by atoms with Crippen LogP contribution in [0.4, 0.5) is 0 Å². The molecule has 142 valence electrons. The van der Waals surface area contributed by atoms with E-state index in [1.165, 1.54) is 17.3 Å². The zero-order valence-corrected chi connectivity index (χ0v) is 17.2. The number of benzene rings is 2. The molecule has 1 heterocycles. The Bertz CT molecular complexity index is 995. The van der Waals surface area contributed by atoms with Crippen LogP contribution in [0.5, 0.6) is 11.6 Å². The molecule has 3 rings (SSSR count). The van der Waals surface area contributed by atoms with Crippen molar-refractivity contribution in [2.45, 2.75) is 44.0 Å². The number of ether oxygens (including phenoxy) is 1. The summed E-state index contributed by atoms with van der Waals surface area (Å²) in [6, 6.07) is 19.8. The molecule has 3 aromatic rings. The highest BCUT2D eigenvalue weighted by molar-refractivity contribution is 7.98. The van der Waals surface area contributed by atoms with E-state index in [2.05, 4.69) is 42.9 Å². The van der Waals surface area contributed by atoms with Gasteiger partial charge in [-0.3, -0.25) is 0 Å². The number of thioether (sulfide) groups is 1. The minimum absolute atomic E-state index is 0.437. The number of nitrogens with zero attached hydrogens (tertiary/aromatic N) is 3. The largest absolute Gasteiger partial charge is 0.439 e. The van der Waals surface area contributed by atoms with Crippen LogP contribution in [0.3, 0.4) is 0 Å². The topological polar surface area (TPSA) is 58.8 Å². The molecule has 28 heavy (non-hydrogen) atoms. The third kappa shape index (κ3) is 5.11. The minimum atomic E-state index is 0.437. The minimum Gasteiger partial charge on any atom is -0.439 e. The van der Waals surface area contributed by atoms with Crippen LogP contribution < -0.4 is 4.74 Å². The van der Waals surface area contributed by atoms with Gasteiger partial charge in [0.15, 0.2) is 5.16 Å². The van der Waals surface area contributed by atoms with Crippen molar-refractivity contribution in [1.29, 1.82) is 5.26 Å². The van der Waals surface area contributed by atoms with Gasteiger partial charge < -0.3 is 4.74 Å². The number of hydrogen-bond donors (Lipinski definition) is 0. The molecule has 5 heteroatoms. The average Bonchev–Trinajstić information content (AvgIpc) is 2.72. The first-order chi connectivity index (χ1) is 13.6. The Morgan fingerprint density at radius 2 is 1.89 bits per heavy atom. The van der Waals surface area contributed by atoms with Crippen molar-refractivity contribution in [3.63, 3.8) is 0 Å².